The number of carbonyl (C=O) groups is 2. The monoisotopic (exact) mass is 451 g/mol. The van der Waals surface area contributed by atoms with E-state index in [-0.39, 0.29) is 6.10 Å². The number of hydrogen-bond donors (Lipinski definition) is 0. The van der Waals surface area contributed by atoms with Gasteiger partial charge in [0.05, 0.1) is 44.5 Å². The number of rotatable bonds is 8. The summed E-state index contributed by atoms with van der Waals surface area (Å²) in [5.74, 6) is -0.687. The Balaban J connectivity index is 2.09. The smallest absolute Gasteiger partial charge is 0.336 e. The van der Waals surface area contributed by atoms with Crippen molar-refractivity contribution in [1.82, 2.24) is 4.90 Å². The Morgan fingerprint density at radius 2 is 1.48 bits per heavy atom. The van der Waals surface area contributed by atoms with Crippen LogP contribution in [0.5, 0.6) is 11.5 Å². The van der Waals surface area contributed by atoms with E-state index < -0.39 is 17.9 Å². The SMILES string of the molecule is COC(=O)C1=CN(Cc2ccccc2)C=C(C(=O)OC)C1c1ccc(OC(C)C)c(OC)c1. The second-order valence-corrected chi connectivity index (χ2v) is 7.82. The maximum atomic E-state index is 12.8. The van der Waals surface area contributed by atoms with Crippen molar-refractivity contribution >= 4 is 11.9 Å². The average Bonchev–Trinajstić information content (AvgIpc) is 2.83. The van der Waals surface area contributed by atoms with E-state index in [1.165, 1.54) is 14.2 Å². The number of hydrogen-bond acceptors (Lipinski definition) is 7. The van der Waals surface area contributed by atoms with Gasteiger partial charge in [0, 0.05) is 18.9 Å². The minimum atomic E-state index is -0.695. The van der Waals surface area contributed by atoms with Gasteiger partial charge in [-0.3, -0.25) is 0 Å². The van der Waals surface area contributed by atoms with Crippen molar-refractivity contribution in [2.45, 2.75) is 32.4 Å². The van der Waals surface area contributed by atoms with E-state index >= 15 is 0 Å². The molecule has 7 nitrogen and oxygen atoms in total. The van der Waals surface area contributed by atoms with Gasteiger partial charge in [0.2, 0.25) is 0 Å². The summed E-state index contributed by atoms with van der Waals surface area (Å²) in [6, 6.07) is 15.1. The van der Waals surface area contributed by atoms with Crippen LogP contribution in [0.4, 0.5) is 0 Å². The molecule has 0 amide bonds. The highest BCUT2D eigenvalue weighted by Crippen LogP contribution is 2.40. The molecule has 1 aliphatic rings. The summed E-state index contributed by atoms with van der Waals surface area (Å²) in [6.07, 6.45) is 3.38. The fourth-order valence-electron chi connectivity index (χ4n) is 3.75. The van der Waals surface area contributed by atoms with Gasteiger partial charge in [0.25, 0.3) is 0 Å². The lowest BCUT2D eigenvalue weighted by Gasteiger charge is -2.30. The molecule has 1 heterocycles. The Morgan fingerprint density at radius 3 is 2.00 bits per heavy atom. The topological polar surface area (TPSA) is 74.3 Å². The van der Waals surface area contributed by atoms with E-state index in [2.05, 4.69) is 0 Å². The Hall–Kier alpha value is -3.74. The molecule has 2 aromatic rings. The van der Waals surface area contributed by atoms with E-state index in [0.29, 0.717) is 34.8 Å². The predicted octanol–water partition coefficient (Wildman–Crippen LogP) is 4.20. The summed E-state index contributed by atoms with van der Waals surface area (Å²) in [6.45, 7) is 4.32. The maximum Gasteiger partial charge on any atom is 0.336 e. The van der Waals surface area contributed by atoms with Gasteiger partial charge in [-0.05, 0) is 37.1 Å². The van der Waals surface area contributed by atoms with Crippen LogP contribution in [0.1, 0.15) is 30.9 Å². The fraction of sp³-hybridized carbons (Fsp3) is 0.308. The molecule has 0 spiro atoms. The molecule has 2 aromatic carbocycles. The van der Waals surface area contributed by atoms with Crippen molar-refractivity contribution in [3.05, 3.63) is 83.2 Å². The van der Waals surface area contributed by atoms with Crippen LogP contribution < -0.4 is 9.47 Å². The van der Waals surface area contributed by atoms with Crippen LogP contribution in [0.2, 0.25) is 0 Å². The Labute approximate surface area is 194 Å². The van der Waals surface area contributed by atoms with Gasteiger partial charge in [0.1, 0.15) is 0 Å². The number of carbonyl (C=O) groups excluding carboxylic acids is 2. The van der Waals surface area contributed by atoms with Crippen molar-refractivity contribution in [1.29, 1.82) is 0 Å². The minimum Gasteiger partial charge on any atom is -0.493 e. The van der Waals surface area contributed by atoms with Crippen molar-refractivity contribution in [3.8, 4) is 11.5 Å². The van der Waals surface area contributed by atoms with Crippen molar-refractivity contribution < 1.29 is 28.5 Å². The summed E-state index contributed by atoms with van der Waals surface area (Å²) < 4.78 is 21.5. The minimum absolute atomic E-state index is 0.0398. The molecule has 0 aliphatic carbocycles. The Kier molecular flexibility index (Phi) is 7.77. The molecule has 0 N–H and O–H groups in total. The summed E-state index contributed by atoms with van der Waals surface area (Å²) in [4.78, 5) is 27.4. The third kappa shape index (κ3) is 5.55. The van der Waals surface area contributed by atoms with E-state index in [1.54, 1.807) is 36.5 Å². The lowest BCUT2D eigenvalue weighted by molar-refractivity contribution is -0.137. The van der Waals surface area contributed by atoms with Crippen LogP contribution in [0.15, 0.2) is 72.1 Å². The van der Waals surface area contributed by atoms with E-state index in [1.807, 2.05) is 50.2 Å². The Morgan fingerprint density at radius 1 is 0.879 bits per heavy atom. The van der Waals surface area contributed by atoms with Gasteiger partial charge < -0.3 is 23.8 Å². The number of nitrogens with zero attached hydrogens (tertiary/aromatic N) is 1. The molecular formula is C26H29NO6. The van der Waals surface area contributed by atoms with E-state index in [4.69, 9.17) is 18.9 Å². The third-order valence-corrected chi connectivity index (χ3v) is 5.17. The first-order valence-corrected chi connectivity index (χ1v) is 10.6. The molecule has 0 fully saturated rings. The normalized spacial score (nSPS) is 13.8. The predicted molar refractivity (Wildman–Crippen MR) is 124 cm³/mol. The summed E-state index contributed by atoms with van der Waals surface area (Å²) in [5, 5.41) is 0. The highest BCUT2D eigenvalue weighted by molar-refractivity contribution is 5.98. The molecule has 3 rings (SSSR count). The molecule has 33 heavy (non-hydrogen) atoms. The molecule has 1 aliphatic heterocycles. The zero-order valence-corrected chi connectivity index (χ0v) is 19.5. The van der Waals surface area contributed by atoms with Gasteiger partial charge >= 0.3 is 11.9 Å². The zero-order chi connectivity index (χ0) is 24.0. The Bertz CT molecular complexity index is 1020. The van der Waals surface area contributed by atoms with Gasteiger partial charge in [-0.15, -0.1) is 0 Å². The molecule has 0 atom stereocenters. The molecule has 7 heteroatoms. The number of esters is 2. The van der Waals surface area contributed by atoms with Crippen LogP contribution in [0, 0.1) is 0 Å². The molecule has 0 unspecified atom stereocenters. The number of methoxy groups -OCH3 is 3. The summed E-state index contributed by atoms with van der Waals surface area (Å²) in [5.41, 5.74) is 2.33. The van der Waals surface area contributed by atoms with Crippen LogP contribution in [-0.2, 0) is 25.6 Å². The maximum absolute atomic E-state index is 12.8. The van der Waals surface area contributed by atoms with Crippen LogP contribution >= 0.6 is 0 Å². The largest absolute Gasteiger partial charge is 0.493 e. The van der Waals surface area contributed by atoms with Gasteiger partial charge in [-0.1, -0.05) is 36.4 Å². The second-order valence-electron chi connectivity index (χ2n) is 7.82. The molecular weight excluding hydrogens is 422 g/mol. The second kappa shape index (κ2) is 10.7. The van der Waals surface area contributed by atoms with E-state index in [0.717, 1.165) is 5.56 Å². The van der Waals surface area contributed by atoms with Crippen LogP contribution in [-0.4, -0.2) is 44.3 Å². The standard InChI is InChI=1S/C26H29NO6/c1-17(2)33-22-12-11-19(13-23(22)30-3)24-20(25(28)31-4)15-27(16-21(24)26(29)32-5)14-18-9-7-6-8-10-18/h6-13,15-17,24H,14H2,1-5H3. The van der Waals surface area contributed by atoms with Crippen LogP contribution in [0.25, 0.3) is 0 Å². The molecule has 174 valence electrons. The molecule has 0 aromatic heterocycles. The first-order valence-electron chi connectivity index (χ1n) is 10.6. The highest BCUT2D eigenvalue weighted by atomic mass is 16.5. The first kappa shape index (κ1) is 23.9. The molecule has 0 bridgehead atoms. The lowest BCUT2D eigenvalue weighted by Crippen LogP contribution is -2.28. The molecule has 0 saturated carbocycles. The fourth-order valence-corrected chi connectivity index (χ4v) is 3.75. The third-order valence-electron chi connectivity index (χ3n) is 5.17. The average molecular weight is 452 g/mol. The zero-order valence-electron chi connectivity index (χ0n) is 19.5. The quantitative estimate of drug-likeness (QED) is 0.557. The number of benzene rings is 2. The van der Waals surface area contributed by atoms with Crippen molar-refractivity contribution in [2.24, 2.45) is 0 Å². The van der Waals surface area contributed by atoms with Gasteiger partial charge in [-0.2, -0.15) is 0 Å². The van der Waals surface area contributed by atoms with E-state index in [9.17, 15) is 9.59 Å². The lowest BCUT2D eigenvalue weighted by atomic mass is 9.83. The van der Waals surface area contributed by atoms with Gasteiger partial charge in [-0.25, -0.2) is 9.59 Å². The van der Waals surface area contributed by atoms with Gasteiger partial charge in [0.15, 0.2) is 11.5 Å². The van der Waals surface area contributed by atoms with Crippen molar-refractivity contribution in [3.63, 3.8) is 0 Å². The molecule has 0 saturated heterocycles. The first-order chi connectivity index (χ1) is 15.9. The summed E-state index contributed by atoms with van der Waals surface area (Å²) >= 11 is 0. The highest BCUT2D eigenvalue weighted by Gasteiger charge is 2.35. The van der Waals surface area contributed by atoms with Crippen molar-refractivity contribution in [2.75, 3.05) is 21.3 Å². The van der Waals surface area contributed by atoms with Crippen LogP contribution in [0.3, 0.4) is 0 Å². The number of ether oxygens (including phenoxy) is 4. The molecule has 0 radical (unpaired) electrons. The summed E-state index contributed by atoms with van der Waals surface area (Å²) in [7, 11) is 4.18.